The number of aromatic nitrogens is 1. The highest BCUT2D eigenvalue weighted by Crippen LogP contribution is 2.51. The van der Waals surface area contributed by atoms with Gasteiger partial charge in [-0.3, -0.25) is 9.88 Å². The number of pyridine rings is 1. The van der Waals surface area contributed by atoms with Crippen LogP contribution in [0.25, 0.3) is 0 Å². The van der Waals surface area contributed by atoms with Gasteiger partial charge in [-0.05, 0) is 49.1 Å². The maximum atomic E-state index is 4.21. The van der Waals surface area contributed by atoms with E-state index in [-0.39, 0.29) is 5.54 Å². The maximum Gasteiger partial charge on any atom is 0.0363 e. The molecule has 4 rings (SSSR count). The predicted molar refractivity (Wildman–Crippen MR) is 107 cm³/mol. The van der Waals surface area contributed by atoms with Gasteiger partial charge in [0.2, 0.25) is 0 Å². The number of rotatable bonds is 4. The molecule has 2 atom stereocenters. The third-order valence-electron chi connectivity index (χ3n) is 5.92. The SMILES string of the molecule is CC1(C)[C@H](c2ccncc2)C[C@H](c2ccccc2)N1Cc1ccccc1. The van der Waals surface area contributed by atoms with E-state index in [1.165, 1.54) is 16.7 Å². The molecule has 0 bridgehead atoms. The van der Waals surface area contributed by atoms with Gasteiger partial charge in [0.15, 0.2) is 0 Å². The number of hydrogen-bond donors (Lipinski definition) is 0. The summed E-state index contributed by atoms with van der Waals surface area (Å²) in [7, 11) is 0. The normalized spacial score (nSPS) is 22.4. The molecule has 1 saturated heterocycles. The Labute approximate surface area is 156 Å². The van der Waals surface area contributed by atoms with E-state index < -0.39 is 0 Å². The number of nitrogens with zero attached hydrogens (tertiary/aromatic N) is 2. The van der Waals surface area contributed by atoms with Gasteiger partial charge in [0.05, 0.1) is 0 Å². The molecule has 132 valence electrons. The van der Waals surface area contributed by atoms with Gasteiger partial charge in [-0.1, -0.05) is 60.7 Å². The summed E-state index contributed by atoms with van der Waals surface area (Å²) in [6.07, 6.45) is 4.97. The molecule has 1 aromatic heterocycles. The quantitative estimate of drug-likeness (QED) is 0.614. The predicted octanol–water partition coefficient (Wildman–Crippen LogP) is 5.59. The fourth-order valence-electron chi connectivity index (χ4n) is 4.47. The van der Waals surface area contributed by atoms with Crippen molar-refractivity contribution in [2.45, 2.75) is 44.3 Å². The van der Waals surface area contributed by atoms with E-state index >= 15 is 0 Å². The van der Waals surface area contributed by atoms with Crippen LogP contribution in [0.3, 0.4) is 0 Å². The van der Waals surface area contributed by atoms with E-state index in [9.17, 15) is 0 Å². The van der Waals surface area contributed by atoms with Crippen molar-refractivity contribution in [3.63, 3.8) is 0 Å². The van der Waals surface area contributed by atoms with Crippen LogP contribution in [0.1, 0.15) is 48.9 Å². The third-order valence-corrected chi connectivity index (χ3v) is 5.92. The first-order chi connectivity index (χ1) is 12.7. The lowest BCUT2D eigenvalue weighted by atomic mass is 9.82. The van der Waals surface area contributed by atoms with Crippen molar-refractivity contribution in [1.82, 2.24) is 9.88 Å². The average molecular weight is 342 g/mol. The third kappa shape index (κ3) is 3.17. The van der Waals surface area contributed by atoms with Gasteiger partial charge in [-0.25, -0.2) is 0 Å². The highest BCUT2D eigenvalue weighted by molar-refractivity contribution is 5.30. The van der Waals surface area contributed by atoms with Crippen molar-refractivity contribution in [3.8, 4) is 0 Å². The molecule has 1 aliphatic rings. The lowest BCUT2D eigenvalue weighted by molar-refractivity contribution is 0.112. The van der Waals surface area contributed by atoms with Crippen LogP contribution in [0, 0.1) is 0 Å². The zero-order chi connectivity index (χ0) is 18.0. The molecule has 0 amide bonds. The van der Waals surface area contributed by atoms with Gasteiger partial charge in [0.25, 0.3) is 0 Å². The second-order valence-corrected chi connectivity index (χ2v) is 7.76. The molecule has 1 aliphatic heterocycles. The topological polar surface area (TPSA) is 16.1 Å². The van der Waals surface area contributed by atoms with Gasteiger partial charge < -0.3 is 0 Å². The van der Waals surface area contributed by atoms with Gasteiger partial charge in [-0.2, -0.15) is 0 Å². The Bertz CT molecular complexity index is 828. The van der Waals surface area contributed by atoms with E-state index in [0.29, 0.717) is 12.0 Å². The van der Waals surface area contributed by atoms with Gasteiger partial charge >= 0.3 is 0 Å². The Balaban J connectivity index is 1.73. The molecule has 0 spiro atoms. The van der Waals surface area contributed by atoms with Crippen LogP contribution in [0.15, 0.2) is 85.2 Å². The second kappa shape index (κ2) is 7.05. The zero-order valence-corrected chi connectivity index (χ0v) is 15.5. The van der Waals surface area contributed by atoms with Crippen molar-refractivity contribution in [2.75, 3.05) is 0 Å². The van der Waals surface area contributed by atoms with Crippen LogP contribution in [0.4, 0.5) is 0 Å². The fourth-order valence-corrected chi connectivity index (χ4v) is 4.47. The first-order valence-corrected chi connectivity index (χ1v) is 9.42. The summed E-state index contributed by atoms with van der Waals surface area (Å²) in [4.78, 5) is 6.90. The Hall–Kier alpha value is -2.45. The lowest BCUT2D eigenvalue weighted by Gasteiger charge is -2.39. The highest BCUT2D eigenvalue weighted by atomic mass is 15.2. The van der Waals surface area contributed by atoms with E-state index in [2.05, 4.69) is 96.5 Å². The fraction of sp³-hybridized carbons (Fsp3) is 0.292. The minimum Gasteiger partial charge on any atom is -0.286 e. The molecule has 2 heterocycles. The zero-order valence-electron chi connectivity index (χ0n) is 15.5. The van der Waals surface area contributed by atoms with Crippen molar-refractivity contribution >= 4 is 0 Å². The summed E-state index contributed by atoms with van der Waals surface area (Å²) in [5, 5.41) is 0. The number of hydrogen-bond acceptors (Lipinski definition) is 2. The molecule has 0 radical (unpaired) electrons. The van der Waals surface area contributed by atoms with Crippen LogP contribution in [0.2, 0.25) is 0 Å². The number of benzene rings is 2. The molecule has 3 aromatic rings. The minimum atomic E-state index is 0.0672. The molecule has 0 aliphatic carbocycles. The molecule has 26 heavy (non-hydrogen) atoms. The molecule has 1 fully saturated rings. The summed E-state index contributed by atoms with van der Waals surface area (Å²) in [5.74, 6) is 0.486. The largest absolute Gasteiger partial charge is 0.286 e. The van der Waals surface area contributed by atoms with E-state index in [1.807, 2.05) is 12.4 Å². The van der Waals surface area contributed by atoms with E-state index in [0.717, 1.165) is 13.0 Å². The highest BCUT2D eigenvalue weighted by Gasteiger charge is 2.47. The molecule has 0 N–H and O–H groups in total. The van der Waals surface area contributed by atoms with Gasteiger partial charge in [0, 0.05) is 36.4 Å². The first kappa shape index (κ1) is 17.0. The van der Waals surface area contributed by atoms with E-state index in [4.69, 9.17) is 0 Å². The Morgan fingerprint density at radius 2 is 1.46 bits per heavy atom. The maximum absolute atomic E-state index is 4.21. The summed E-state index contributed by atoms with van der Waals surface area (Å²) in [6.45, 7) is 5.75. The van der Waals surface area contributed by atoms with Crippen LogP contribution in [0.5, 0.6) is 0 Å². The molecule has 2 aromatic carbocycles. The molecular formula is C24H26N2. The summed E-state index contributed by atoms with van der Waals surface area (Å²) < 4.78 is 0. The Morgan fingerprint density at radius 3 is 2.12 bits per heavy atom. The minimum absolute atomic E-state index is 0.0672. The molecule has 2 heteroatoms. The van der Waals surface area contributed by atoms with Crippen LogP contribution in [-0.2, 0) is 6.54 Å². The van der Waals surface area contributed by atoms with Crippen molar-refractivity contribution in [3.05, 3.63) is 102 Å². The van der Waals surface area contributed by atoms with Crippen LogP contribution in [-0.4, -0.2) is 15.4 Å². The number of likely N-dealkylation sites (tertiary alicyclic amines) is 1. The molecule has 0 unspecified atom stereocenters. The molecule has 0 saturated carbocycles. The first-order valence-electron chi connectivity index (χ1n) is 9.42. The van der Waals surface area contributed by atoms with Crippen molar-refractivity contribution in [2.24, 2.45) is 0 Å². The smallest absolute Gasteiger partial charge is 0.0363 e. The lowest BCUT2D eigenvalue weighted by Crippen LogP contribution is -2.42. The van der Waals surface area contributed by atoms with Crippen molar-refractivity contribution < 1.29 is 0 Å². The van der Waals surface area contributed by atoms with Crippen molar-refractivity contribution in [1.29, 1.82) is 0 Å². The van der Waals surface area contributed by atoms with Crippen LogP contribution < -0.4 is 0 Å². The molecule has 2 nitrogen and oxygen atoms in total. The standard InChI is InChI=1S/C24H26N2/c1-24(2)22(20-13-15-25-16-14-20)17-23(21-11-7-4-8-12-21)26(24)18-19-9-5-3-6-10-19/h3-16,22-23H,17-18H2,1-2H3/t22-,23+/m0/s1. The Kier molecular flexibility index (Phi) is 4.60. The van der Waals surface area contributed by atoms with Gasteiger partial charge in [0.1, 0.15) is 0 Å². The molecular weight excluding hydrogens is 316 g/mol. The summed E-state index contributed by atoms with van der Waals surface area (Å²) in [5.41, 5.74) is 4.24. The summed E-state index contributed by atoms with van der Waals surface area (Å²) >= 11 is 0. The Morgan fingerprint density at radius 1 is 0.846 bits per heavy atom. The van der Waals surface area contributed by atoms with Crippen LogP contribution >= 0.6 is 0 Å². The monoisotopic (exact) mass is 342 g/mol. The summed E-state index contributed by atoms with van der Waals surface area (Å²) in [6, 6.07) is 26.6. The second-order valence-electron chi connectivity index (χ2n) is 7.76. The van der Waals surface area contributed by atoms with Gasteiger partial charge in [-0.15, -0.1) is 0 Å². The van der Waals surface area contributed by atoms with E-state index in [1.54, 1.807) is 0 Å². The average Bonchev–Trinajstić information content (AvgIpc) is 2.95.